The summed E-state index contributed by atoms with van der Waals surface area (Å²) in [6.07, 6.45) is 7.68. The van der Waals surface area contributed by atoms with Crippen molar-refractivity contribution in [3.05, 3.63) is 29.8 Å². The molecule has 1 aromatic carbocycles. The zero-order chi connectivity index (χ0) is 13.9. The van der Waals surface area contributed by atoms with Crippen LogP contribution < -0.4 is 4.74 Å². The van der Waals surface area contributed by atoms with Crippen molar-refractivity contribution in [1.82, 2.24) is 0 Å². The van der Waals surface area contributed by atoms with Gasteiger partial charge in [-0.15, -0.1) is 0 Å². The molecule has 0 aliphatic rings. The Kier molecular flexibility index (Phi) is 7.58. The highest BCUT2D eigenvalue weighted by atomic mass is 16.5. The van der Waals surface area contributed by atoms with Crippen LogP contribution in [0.2, 0.25) is 0 Å². The minimum absolute atomic E-state index is 0.625. The quantitative estimate of drug-likeness (QED) is 0.683. The van der Waals surface area contributed by atoms with Gasteiger partial charge < -0.3 is 9.47 Å². The molecule has 0 saturated heterocycles. The fourth-order valence-electron chi connectivity index (χ4n) is 1.85. The Bertz CT molecular complexity index is 415. The molecule has 1 rings (SSSR count). The average molecular weight is 260 g/mol. The van der Waals surface area contributed by atoms with Crippen molar-refractivity contribution in [1.29, 1.82) is 0 Å². The first-order valence-corrected chi connectivity index (χ1v) is 7.07. The van der Waals surface area contributed by atoms with Gasteiger partial charge in [-0.05, 0) is 36.5 Å². The van der Waals surface area contributed by atoms with Gasteiger partial charge in [0.2, 0.25) is 0 Å². The molecule has 1 atom stereocenters. The van der Waals surface area contributed by atoms with Crippen molar-refractivity contribution in [2.45, 2.75) is 39.5 Å². The number of unbranched alkanes of at least 4 members (excludes halogenated alkanes) is 1. The topological polar surface area (TPSA) is 18.5 Å². The Hall–Kier alpha value is -1.62. The molecule has 0 saturated carbocycles. The van der Waals surface area contributed by atoms with Crippen LogP contribution in [0.1, 0.15) is 45.1 Å². The van der Waals surface area contributed by atoms with Crippen molar-refractivity contribution in [3.63, 3.8) is 0 Å². The predicted octanol–water partition coefficient (Wildman–Crippen LogP) is 4.24. The van der Waals surface area contributed by atoms with Gasteiger partial charge in [-0.2, -0.15) is 0 Å². The summed E-state index contributed by atoms with van der Waals surface area (Å²) in [5, 5.41) is 0. The lowest BCUT2D eigenvalue weighted by molar-refractivity contribution is 0.203. The van der Waals surface area contributed by atoms with Crippen molar-refractivity contribution >= 4 is 0 Å². The molecule has 0 N–H and O–H groups in total. The molecule has 0 bridgehead atoms. The number of benzene rings is 1. The number of hydrogen-bond donors (Lipinski definition) is 0. The maximum Gasteiger partial charge on any atom is 0.120 e. The smallest absolute Gasteiger partial charge is 0.120 e. The van der Waals surface area contributed by atoms with E-state index < -0.39 is 0 Å². The van der Waals surface area contributed by atoms with E-state index in [0.29, 0.717) is 5.92 Å². The maximum absolute atomic E-state index is 5.46. The zero-order valence-corrected chi connectivity index (χ0v) is 12.2. The van der Waals surface area contributed by atoms with Crippen molar-refractivity contribution < 1.29 is 9.47 Å². The van der Waals surface area contributed by atoms with E-state index in [1.165, 1.54) is 19.3 Å². The molecule has 0 radical (unpaired) electrons. The van der Waals surface area contributed by atoms with Gasteiger partial charge in [-0.1, -0.05) is 39.2 Å². The highest BCUT2D eigenvalue weighted by Gasteiger charge is 2.05. The molecule has 2 nitrogen and oxygen atoms in total. The summed E-state index contributed by atoms with van der Waals surface area (Å²) in [5.41, 5.74) is 0.918. The number of rotatable bonds is 7. The first-order chi connectivity index (χ1) is 9.30. The van der Waals surface area contributed by atoms with Gasteiger partial charge in [-0.3, -0.25) is 0 Å². The molecule has 19 heavy (non-hydrogen) atoms. The molecular formula is C17H24O2. The van der Waals surface area contributed by atoms with Crippen molar-refractivity contribution in [2.75, 3.05) is 13.7 Å². The molecular weight excluding hydrogens is 236 g/mol. The molecule has 0 amide bonds. The van der Waals surface area contributed by atoms with Crippen LogP contribution in [0.25, 0.3) is 0 Å². The lowest BCUT2D eigenvalue weighted by atomic mass is 10.0. The predicted molar refractivity (Wildman–Crippen MR) is 79.1 cm³/mol. The van der Waals surface area contributed by atoms with Gasteiger partial charge in [0.05, 0.1) is 7.11 Å². The van der Waals surface area contributed by atoms with Crippen molar-refractivity contribution in [2.24, 2.45) is 5.92 Å². The number of ether oxygens (including phenoxy) is 2. The van der Waals surface area contributed by atoms with E-state index in [0.717, 1.165) is 24.3 Å². The molecule has 104 valence electrons. The van der Waals surface area contributed by atoms with E-state index in [2.05, 4.69) is 25.9 Å². The molecule has 0 heterocycles. The van der Waals surface area contributed by atoms with Gasteiger partial charge in [0, 0.05) is 5.56 Å². The second-order valence-corrected chi connectivity index (χ2v) is 4.69. The standard InChI is InChI=1S/C17H24O2/c1-4-6-8-15(5-2)14-19-12-11-16-9-7-10-17(13-16)18-3/h7,9-10,13,15H,4-6,8,14H2,1-3H3. The molecule has 1 unspecified atom stereocenters. The zero-order valence-electron chi connectivity index (χ0n) is 12.2. The van der Waals surface area contributed by atoms with E-state index in [-0.39, 0.29) is 0 Å². The van der Waals surface area contributed by atoms with Crippen LogP contribution in [0.15, 0.2) is 24.3 Å². The van der Waals surface area contributed by atoms with Crippen LogP contribution in [0.3, 0.4) is 0 Å². The molecule has 0 spiro atoms. The summed E-state index contributed by atoms with van der Waals surface area (Å²) < 4.78 is 10.6. The van der Waals surface area contributed by atoms with Crippen LogP contribution >= 0.6 is 0 Å². The van der Waals surface area contributed by atoms with E-state index >= 15 is 0 Å². The van der Waals surface area contributed by atoms with Gasteiger partial charge in [-0.25, -0.2) is 0 Å². The minimum Gasteiger partial charge on any atom is -0.497 e. The number of hydrogen-bond acceptors (Lipinski definition) is 2. The fourth-order valence-corrected chi connectivity index (χ4v) is 1.85. The first-order valence-electron chi connectivity index (χ1n) is 7.07. The second-order valence-electron chi connectivity index (χ2n) is 4.69. The Morgan fingerprint density at radius 3 is 2.79 bits per heavy atom. The Morgan fingerprint density at radius 2 is 2.11 bits per heavy atom. The molecule has 2 heteroatoms. The van der Waals surface area contributed by atoms with Gasteiger partial charge >= 0.3 is 0 Å². The summed E-state index contributed by atoms with van der Waals surface area (Å²) in [6, 6.07) is 7.70. The van der Waals surface area contributed by atoms with E-state index in [1.807, 2.05) is 24.3 Å². The minimum atomic E-state index is 0.625. The first kappa shape index (κ1) is 15.4. The molecule has 0 aliphatic carbocycles. The van der Waals surface area contributed by atoms with Gasteiger partial charge in [0.15, 0.2) is 0 Å². The fraction of sp³-hybridized carbons (Fsp3) is 0.529. The third kappa shape index (κ3) is 6.20. The van der Waals surface area contributed by atoms with Crippen LogP contribution in [0.4, 0.5) is 0 Å². The van der Waals surface area contributed by atoms with Crippen LogP contribution in [-0.2, 0) is 4.74 Å². The second kappa shape index (κ2) is 9.33. The lowest BCUT2D eigenvalue weighted by Crippen LogP contribution is -2.06. The Morgan fingerprint density at radius 1 is 1.26 bits per heavy atom. The van der Waals surface area contributed by atoms with E-state index in [9.17, 15) is 0 Å². The van der Waals surface area contributed by atoms with Crippen LogP contribution in [-0.4, -0.2) is 13.7 Å². The lowest BCUT2D eigenvalue weighted by Gasteiger charge is -2.11. The molecule has 0 aliphatic heterocycles. The molecule has 1 aromatic rings. The number of methoxy groups -OCH3 is 1. The van der Waals surface area contributed by atoms with E-state index in [4.69, 9.17) is 9.47 Å². The summed E-state index contributed by atoms with van der Waals surface area (Å²) in [6.45, 7) is 5.16. The largest absolute Gasteiger partial charge is 0.497 e. The summed E-state index contributed by atoms with van der Waals surface area (Å²) in [7, 11) is 1.66. The van der Waals surface area contributed by atoms with Gasteiger partial charge in [0.1, 0.15) is 18.5 Å². The maximum atomic E-state index is 5.46. The highest BCUT2D eigenvalue weighted by Crippen LogP contribution is 2.13. The summed E-state index contributed by atoms with van der Waals surface area (Å²) in [5.74, 6) is 4.45. The summed E-state index contributed by atoms with van der Waals surface area (Å²) in [4.78, 5) is 0. The molecule has 0 aromatic heterocycles. The normalized spacial score (nSPS) is 11.3. The average Bonchev–Trinajstić information content (AvgIpc) is 2.47. The molecule has 0 fully saturated rings. The van der Waals surface area contributed by atoms with Crippen molar-refractivity contribution in [3.8, 4) is 17.8 Å². The van der Waals surface area contributed by atoms with Crippen LogP contribution in [0.5, 0.6) is 5.75 Å². The Balaban J connectivity index is 2.41. The third-order valence-electron chi connectivity index (χ3n) is 3.20. The third-order valence-corrected chi connectivity index (χ3v) is 3.20. The van der Waals surface area contributed by atoms with Crippen LogP contribution in [0, 0.1) is 17.9 Å². The Labute approximate surface area is 117 Å². The monoisotopic (exact) mass is 260 g/mol. The van der Waals surface area contributed by atoms with Gasteiger partial charge in [0.25, 0.3) is 0 Å². The van der Waals surface area contributed by atoms with E-state index in [1.54, 1.807) is 7.11 Å². The summed E-state index contributed by atoms with van der Waals surface area (Å²) >= 11 is 0. The highest BCUT2D eigenvalue weighted by molar-refractivity contribution is 5.38. The SMILES string of the molecule is CCCCC(CC)COC#Cc1cccc(OC)c1.